The summed E-state index contributed by atoms with van der Waals surface area (Å²) in [4.78, 5) is 12.3. The second kappa shape index (κ2) is 6.08. The van der Waals surface area contributed by atoms with Gasteiger partial charge in [-0.3, -0.25) is 4.79 Å². The van der Waals surface area contributed by atoms with Gasteiger partial charge in [-0.1, -0.05) is 36.4 Å². The molecule has 0 aliphatic carbocycles. The smallest absolute Gasteiger partial charge is 0.252 e. The van der Waals surface area contributed by atoms with Crippen LogP contribution < -0.4 is 5.32 Å². The Kier molecular flexibility index (Phi) is 3.99. The molecule has 0 radical (unpaired) electrons. The molecule has 3 aromatic rings. The summed E-state index contributed by atoms with van der Waals surface area (Å²) in [7, 11) is 0. The van der Waals surface area contributed by atoms with E-state index < -0.39 is 6.10 Å². The summed E-state index contributed by atoms with van der Waals surface area (Å²) in [5.74, 6) is -0.166. The summed E-state index contributed by atoms with van der Waals surface area (Å²) in [5, 5.41) is 18.5. The van der Waals surface area contributed by atoms with E-state index in [2.05, 4.69) is 5.32 Å². The van der Waals surface area contributed by atoms with Crippen LogP contribution in [0.5, 0.6) is 0 Å². The Morgan fingerprint density at radius 3 is 2.76 bits per heavy atom. The minimum Gasteiger partial charge on any atom is -0.387 e. The maximum Gasteiger partial charge on any atom is 0.252 e. The fourth-order valence-electron chi connectivity index (χ4n) is 2.29. The molecule has 0 bridgehead atoms. The molecule has 4 heteroatoms. The van der Waals surface area contributed by atoms with Crippen molar-refractivity contribution in [2.75, 3.05) is 6.54 Å². The molecule has 21 heavy (non-hydrogen) atoms. The number of aliphatic hydroxyl groups excluding tert-OH is 1. The average molecular weight is 297 g/mol. The molecule has 0 unspecified atom stereocenters. The largest absolute Gasteiger partial charge is 0.387 e. The monoisotopic (exact) mass is 297 g/mol. The number of rotatable bonds is 4. The third-order valence-electron chi connectivity index (χ3n) is 3.42. The summed E-state index contributed by atoms with van der Waals surface area (Å²) in [5.41, 5.74) is 1.46. The van der Waals surface area contributed by atoms with Crippen molar-refractivity contribution in [2.45, 2.75) is 6.10 Å². The van der Waals surface area contributed by atoms with Gasteiger partial charge in [-0.15, -0.1) is 0 Å². The number of aliphatic hydroxyl groups is 1. The maximum absolute atomic E-state index is 12.3. The predicted octanol–water partition coefficient (Wildman–Crippen LogP) is 3.36. The van der Waals surface area contributed by atoms with E-state index in [9.17, 15) is 9.90 Å². The molecule has 0 spiro atoms. The number of thiophene rings is 1. The number of carbonyl (C=O) groups is 1. The van der Waals surface area contributed by atoms with Crippen LogP contribution >= 0.6 is 11.3 Å². The lowest BCUT2D eigenvalue weighted by Crippen LogP contribution is -2.28. The molecule has 0 aliphatic rings. The van der Waals surface area contributed by atoms with Crippen LogP contribution in [0, 0.1) is 0 Å². The molecule has 0 saturated carbocycles. The second-order valence-electron chi connectivity index (χ2n) is 4.81. The van der Waals surface area contributed by atoms with Crippen LogP contribution in [0.4, 0.5) is 0 Å². The Morgan fingerprint density at radius 1 is 1.14 bits per heavy atom. The molecule has 0 saturated heterocycles. The number of carbonyl (C=O) groups excluding carboxylic acids is 1. The molecular formula is C17H15NO2S. The van der Waals surface area contributed by atoms with Crippen LogP contribution in [-0.2, 0) is 0 Å². The van der Waals surface area contributed by atoms with Crippen LogP contribution in [0.3, 0.4) is 0 Å². The molecular weight excluding hydrogens is 282 g/mol. The van der Waals surface area contributed by atoms with Crippen molar-refractivity contribution in [1.29, 1.82) is 0 Å². The Hall–Kier alpha value is -2.17. The fraction of sp³-hybridized carbons (Fsp3) is 0.118. The summed E-state index contributed by atoms with van der Waals surface area (Å²) < 4.78 is 0. The lowest BCUT2D eigenvalue weighted by atomic mass is 10.0. The van der Waals surface area contributed by atoms with Gasteiger partial charge in [-0.05, 0) is 39.2 Å². The van der Waals surface area contributed by atoms with Gasteiger partial charge in [-0.25, -0.2) is 0 Å². The lowest BCUT2D eigenvalue weighted by Gasteiger charge is -2.11. The van der Waals surface area contributed by atoms with Crippen molar-refractivity contribution < 1.29 is 9.90 Å². The van der Waals surface area contributed by atoms with Gasteiger partial charge in [0.1, 0.15) is 0 Å². The SMILES string of the molecule is O=C(NC[C@@H](O)c1ccsc1)c1cccc2ccccc12. The highest BCUT2D eigenvalue weighted by Gasteiger charge is 2.13. The van der Waals surface area contributed by atoms with E-state index >= 15 is 0 Å². The van der Waals surface area contributed by atoms with Gasteiger partial charge in [0.15, 0.2) is 0 Å². The number of nitrogens with one attached hydrogen (secondary N) is 1. The van der Waals surface area contributed by atoms with Gasteiger partial charge in [0.2, 0.25) is 0 Å². The first-order chi connectivity index (χ1) is 10.3. The summed E-state index contributed by atoms with van der Waals surface area (Å²) >= 11 is 1.53. The number of fused-ring (bicyclic) bond motifs is 1. The Bertz CT molecular complexity index is 747. The van der Waals surface area contributed by atoms with Gasteiger partial charge in [0, 0.05) is 12.1 Å². The van der Waals surface area contributed by atoms with Crippen molar-refractivity contribution in [1.82, 2.24) is 5.32 Å². The topological polar surface area (TPSA) is 49.3 Å². The third-order valence-corrected chi connectivity index (χ3v) is 4.12. The number of hydrogen-bond donors (Lipinski definition) is 2. The zero-order valence-corrected chi connectivity index (χ0v) is 12.1. The molecule has 106 valence electrons. The molecule has 2 N–H and O–H groups in total. The molecule has 0 fully saturated rings. The lowest BCUT2D eigenvalue weighted by molar-refractivity contribution is 0.0918. The molecule has 3 rings (SSSR count). The molecule has 1 aromatic heterocycles. The van der Waals surface area contributed by atoms with E-state index in [1.165, 1.54) is 11.3 Å². The van der Waals surface area contributed by atoms with Gasteiger partial charge in [-0.2, -0.15) is 11.3 Å². The van der Waals surface area contributed by atoms with E-state index in [-0.39, 0.29) is 12.5 Å². The van der Waals surface area contributed by atoms with Gasteiger partial charge in [0.05, 0.1) is 6.10 Å². The maximum atomic E-state index is 12.3. The zero-order chi connectivity index (χ0) is 14.7. The summed E-state index contributed by atoms with van der Waals surface area (Å²) in [6, 6.07) is 15.3. The van der Waals surface area contributed by atoms with Crippen molar-refractivity contribution in [3.05, 3.63) is 70.4 Å². The standard InChI is InChI=1S/C17H15NO2S/c19-16(13-8-9-21-11-13)10-18-17(20)15-7-3-5-12-4-1-2-6-14(12)15/h1-9,11,16,19H,10H2,(H,18,20)/t16-/m1/s1. The van der Waals surface area contributed by atoms with Crippen LogP contribution in [-0.4, -0.2) is 17.6 Å². The molecule has 0 aliphatic heterocycles. The molecule has 3 nitrogen and oxygen atoms in total. The first-order valence-corrected chi connectivity index (χ1v) is 7.66. The van der Waals surface area contributed by atoms with E-state index in [0.717, 1.165) is 16.3 Å². The van der Waals surface area contributed by atoms with Crippen LogP contribution in [0.15, 0.2) is 59.3 Å². The van der Waals surface area contributed by atoms with Crippen LogP contribution in [0.2, 0.25) is 0 Å². The number of hydrogen-bond acceptors (Lipinski definition) is 3. The summed E-state index contributed by atoms with van der Waals surface area (Å²) in [6.45, 7) is 0.207. The quantitative estimate of drug-likeness (QED) is 0.775. The van der Waals surface area contributed by atoms with E-state index in [1.807, 2.05) is 53.2 Å². The predicted molar refractivity (Wildman–Crippen MR) is 85.6 cm³/mol. The zero-order valence-electron chi connectivity index (χ0n) is 11.3. The highest BCUT2D eigenvalue weighted by Crippen LogP contribution is 2.19. The number of amides is 1. The first kappa shape index (κ1) is 13.8. The van der Waals surface area contributed by atoms with Crippen molar-refractivity contribution in [2.24, 2.45) is 0 Å². The molecule has 2 aromatic carbocycles. The normalized spacial score (nSPS) is 12.2. The van der Waals surface area contributed by atoms with E-state index in [4.69, 9.17) is 0 Å². The van der Waals surface area contributed by atoms with Crippen molar-refractivity contribution in [3.8, 4) is 0 Å². The second-order valence-corrected chi connectivity index (χ2v) is 5.59. The highest BCUT2D eigenvalue weighted by molar-refractivity contribution is 7.07. The van der Waals surface area contributed by atoms with Crippen LogP contribution in [0.25, 0.3) is 10.8 Å². The summed E-state index contributed by atoms with van der Waals surface area (Å²) in [6.07, 6.45) is -0.671. The van der Waals surface area contributed by atoms with Gasteiger partial charge in [0.25, 0.3) is 5.91 Å². The Morgan fingerprint density at radius 2 is 1.95 bits per heavy atom. The Balaban J connectivity index is 1.75. The molecule has 1 amide bonds. The van der Waals surface area contributed by atoms with Crippen LogP contribution in [0.1, 0.15) is 22.0 Å². The average Bonchev–Trinajstić information content (AvgIpc) is 3.06. The van der Waals surface area contributed by atoms with Gasteiger partial charge >= 0.3 is 0 Å². The number of benzene rings is 2. The Labute approximate surface area is 126 Å². The van der Waals surface area contributed by atoms with E-state index in [1.54, 1.807) is 6.07 Å². The van der Waals surface area contributed by atoms with E-state index in [0.29, 0.717) is 5.56 Å². The third kappa shape index (κ3) is 2.96. The van der Waals surface area contributed by atoms with Gasteiger partial charge < -0.3 is 10.4 Å². The highest BCUT2D eigenvalue weighted by atomic mass is 32.1. The first-order valence-electron chi connectivity index (χ1n) is 6.72. The van der Waals surface area contributed by atoms with Crippen molar-refractivity contribution in [3.63, 3.8) is 0 Å². The minimum absolute atomic E-state index is 0.166. The fourth-order valence-corrected chi connectivity index (χ4v) is 3.00. The molecule has 1 heterocycles. The minimum atomic E-state index is -0.671. The van der Waals surface area contributed by atoms with Crippen molar-refractivity contribution >= 4 is 28.0 Å². The molecule has 1 atom stereocenters.